The Morgan fingerprint density at radius 2 is 2.26 bits per heavy atom. The van der Waals surface area contributed by atoms with E-state index in [4.69, 9.17) is 4.74 Å². The highest BCUT2D eigenvalue weighted by Gasteiger charge is 2.40. The molecule has 4 heterocycles. The number of hydrogen-bond donors (Lipinski definition) is 2. The van der Waals surface area contributed by atoms with E-state index in [1.54, 1.807) is 4.90 Å². The fourth-order valence-electron chi connectivity index (χ4n) is 3.50. The number of aromatic nitrogens is 1. The lowest BCUT2D eigenvalue weighted by Crippen LogP contribution is -2.57. The molecule has 2 atom stereocenters. The average Bonchev–Trinajstić information content (AvgIpc) is 3.16. The lowest BCUT2D eigenvalue weighted by atomic mass is 10.1. The highest BCUT2D eigenvalue weighted by atomic mass is 32.1. The van der Waals surface area contributed by atoms with Crippen molar-refractivity contribution in [1.82, 2.24) is 14.8 Å². The van der Waals surface area contributed by atoms with Crippen LogP contribution >= 0.6 is 11.3 Å². The van der Waals surface area contributed by atoms with Crippen molar-refractivity contribution in [2.45, 2.75) is 38.7 Å². The zero-order valence-corrected chi connectivity index (χ0v) is 15.5. The number of thiophene rings is 1. The second-order valence-corrected chi connectivity index (χ2v) is 7.69. The number of carbonyl (C=O) groups is 2. The van der Waals surface area contributed by atoms with E-state index in [2.05, 4.69) is 5.32 Å². The molecule has 2 aliphatic rings. The van der Waals surface area contributed by atoms with Gasteiger partial charge in [0.2, 0.25) is 5.43 Å². The fourth-order valence-corrected chi connectivity index (χ4v) is 4.14. The van der Waals surface area contributed by atoms with Gasteiger partial charge in [-0.25, -0.2) is 0 Å². The van der Waals surface area contributed by atoms with Crippen molar-refractivity contribution in [2.24, 2.45) is 0 Å². The highest BCUT2D eigenvalue weighted by Crippen LogP contribution is 2.29. The van der Waals surface area contributed by atoms with Gasteiger partial charge >= 0.3 is 0 Å². The number of nitrogens with one attached hydrogen (secondary N) is 1. The molecule has 0 aromatic carbocycles. The molecule has 142 valence electrons. The summed E-state index contributed by atoms with van der Waals surface area (Å²) in [5, 5.41) is 14.9. The molecule has 0 bridgehead atoms. The van der Waals surface area contributed by atoms with Gasteiger partial charge in [0.25, 0.3) is 11.8 Å². The van der Waals surface area contributed by atoms with E-state index in [9.17, 15) is 19.5 Å². The Kier molecular flexibility index (Phi) is 4.48. The molecule has 0 saturated carbocycles. The van der Waals surface area contributed by atoms with Crippen molar-refractivity contribution < 1.29 is 19.4 Å². The molecule has 1 saturated heterocycles. The molecule has 1 unspecified atom stereocenters. The normalized spacial score (nSPS) is 21.5. The number of aromatic hydroxyl groups is 1. The molecule has 2 aliphatic heterocycles. The van der Waals surface area contributed by atoms with Gasteiger partial charge in [-0.05, 0) is 24.8 Å². The summed E-state index contributed by atoms with van der Waals surface area (Å²) in [6.45, 7) is 2.98. The molecule has 0 aliphatic carbocycles. The molecule has 2 aromatic heterocycles. The average molecular weight is 389 g/mol. The number of amides is 2. The maximum atomic E-state index is 12.8. The third kappa shape index (κ3) is 3.02. The molecule has 0 spiro atoms. The quantitative estimate of drug-likeness (QED) is 0.820. The summed E-state index contributed by atoms with van der Waals surface area (Å²) in [6, 6.07) is 3.69. The zero-order valence-electron chi connectivity index (χ0n) is 14.7. The van der Waals surface area contributed by atoms with Crippen molar-refractivity contribution in [3.63, 3.8) is 0 Å². The predicted molar refractivity (Wildman–Crippen MR) is 97.8 cm³/mol. The number of pyridine rings is 1. The lowest BCUT2D eigenvalue weighted by Gasteiger charge is -2.44. The van der Waals surface area contributed by atoms with Gasteiger partial charge in [0.05, 0.1) is 19.7 Å². The number of ether oxygens (including phenoxy) is 1. The summed E-state index contributed by atoms with van der Waals surface area (Å²) in [7, 11) is 0. The molecular weight excluding hydrogens is 370 g/mol. The van der Waals surface area contributed by atoms with Crippen molar-refractivity contribution >= 4 is 23.2 Å². The fraction of sp³-hybridized carbons (Fsp3) is 0.389. The number of rotatable bonds is 3. The van der Waals surface area contributed by atoms with E-state index in [-0.39, 0.29) is 30.4 Å². The minimum absolute atomic E-state index is 0.0479. The SMILES string of the molecule is C[C@@H]1CCOC2Cn3cc(C(=O)NCc4cccs4)c(=O)c(O)c3C(=O)N21. The first kappa shape index (κ1) is 17.7. The monoisotopic (exact) mass is 389 g/mol. The van der Waals surface area contributed by atoms with Crippen molar-refractivity contribution in [3.05, 3.63) is 50.1 Å². The van der Waals surface area contributed by atoms with E-state index in [0.29, 0.717) is 13.0 Å². The van der Waals surface area contributed by atoms with Gasteiger partial charge < -0.3 is 24.6 Å². The van der Waals surface area contributed by atoms with Crippen LogP contribution in [0.4, 0.5) is 0 Å². The molecule has 1 fully saturated rings. The standard InChI is InChI=1S/C18H19N3O5S/c1-10-4-5-26-13-9-20-8-12(17(24)19-7-11-3-2-6-27-11)15(22)16(23)14(20)18(25)21(10)13/h2-3,6,8,10,13,23H,4-5,7,9H2,1H3,(H,19,24)/t10-,13?/m1/s1. The summed E-state index contributed by atoms with van der Waals surface area (Å²) >= 11 is 1.49. The van der Waals surface area contributed by atoms with Crippen LogP contribution in [0.5, 0.6) is 5.75 Å². The minimum atomic E-state index is -0.845. The van der Waals surface area contributed by atoms with Crippen molar-refractivity contribution in [1.29, 1.82) is 0 Å². The number of nitrogens with zero attached hydrogens (tertiary/aromatic N) is 2. The second-order valence-electron chi connectivity index (χ2n) is 6.66. The van der Waals surface area contributed by atoms with Crippen LogP contribution in [0.3, 0.4) is 0 Å². The molecule has 27 heavy (non-hydrogen) atoms. The third-order valence-electron chi connectivity index (χ3n) is 4.93. The van der Waals surface area contributed by atoms with Gasteiger partial charge in [-0.1, -0.05) is 6.07 Å². The molecule has 2 aromatic rings. The summed E-state index contributed by atoms with van der Waals surface area (Å²) in [5.74, 6) is -1.75. The maximum Gasteiger partial charge on any atom is 0.276 e. The molecule has 8 nitrogen and oxygen atoms in total. The van der Waals surface area contributed by atoms with Crippen LogP contribution in [-0.2, 0) is 17.8 Å². The topological polar surface area (TPSA) is 101 Å². The Morgan fingerprint density at radius 1 is 1.44 bits per heavy atom. The molecule has 0 radical (unpaired) electrons. The molecule has 2 N–H and O–H groups in total. The molecule has 9 heteroatoms. The van der Waals surface area contributed by atoms with E-state index in [0.717, 1.165) is 4.88 Å². The number of carbonyl (C=O) groups excluding carboxylic acids is 2. The van der Waals surface area contributed by atoms with Gasteiger partial charge in [-0.2, -0.15) is 0 Å². The van der Waals surface area contributed by atoms with E-state index < -0.39 is 29.2 Å². The second kappa shape index (κ2) is 6.82. The van der Waals surface area contributed by atoms with Crippen LogP contribution in [0.2, 0.25) is 0 Å². The first-order valence-electron chi connectivity index (χ1n) is 8.68. The summed E-state index contributed by atoms with van der Waals surface area (Å²) in [4.78, 5) is 40.3. The van der Waals surface area contributed by atoms with Gasteiger partial charge in [0, 0.05) is 17.1 Å². The minimum Gasteiger partial charge on any atom is -0.503 e. The van der Waals surface area contributed by atoms with E-state index >= 15 is 0 Å². The summed E-state index contributed by atoms with van der Waals surface area (Å²) < 4.78 is 7.11. The molecule has 4 rings (SSSR count). The van der Waals surface area contributed by atoms with Crippen LogP contribution in [0.25, 0.3) is 0 Å². The van der Waals surface area contributed by atoms with Crippen LogP contribution < -0.4 is 10.7 Å². The Bertz CT molecular complexity index is 953. The first-order chi connectivity index (χ1) is 13.0. The van der Waals surface area contributed by atoms with E-state index in [1.807, 2.05) is 24.4 Å². The Labute approximate surface area is 159 Å². The molecule has 2 amide bonds. The summed E-state index contributed by atoms with van der Waals surface area (Å²) in [6.07, 6.45) is 1.55. The van der Waals surface area contributed by atoms with Gasteiger partial charge in [-0.3, -0.25) is 14.4 Å². The zero-order chi connectivity index (χ0) is 19.1. The van der Waals surface area contributed by atoms with Crippen LogP contribution in [-0.4, -0.2) is 45.3 Å². The van der Waals surface area contributed by atoms with Crippen molar-refractivity contribution in [2.75, 3.05) is 6.61 Å². The first-order valence-corrected chi connectivity index (χ1v) is 9.56. The third-order valence-corrected chi connectivity index (χ3v) is 5.80. The van der Waals surface area contributed by atoms with Gasteiger partial charge in [0.1, 0.15) is 5.56 Å². The van der Waals surface area contributed by atoms with Gasteiger partial charge in [-0.15, -0.1) is 11.3 Å². The Morgan fingerprint density at radius 3 is 3.00 bits per heavy atom. The lowest BCUT2D eigenvalue weighted by molar-refractivity contribution is -0.112. The van der Waals surface area contributed by atoms with Crippen LogP contribution in [0.15, 0.2) is 28.5 Å². The van der Waals surface area contributed by atoms with Crippen LogP contribution in [0.1, 0.15) is 39.1 Å². The van der Waals surface area contributed by atoms with Gasteiger partial charge in [0.15, 0.2) is 17.7 Å². The predicted octanol–water partition coefficient (Wildman–Crippen LogP) is 1.14. The Hall–Kier alpha value is -2.65. The van der Waals surface area contributed by atoms with Crippen molar-refractivity contribution in [3.8, 4) is 5.75 Å². The smallest absolute Gasteiger partial charge is 0.276 e. The van der Waals surface area contributed by atoms with Crippen LogP contribution in [0, 0.1) is 0 Å². The number of fused-ring (bicyclic) bond motifs is 2. The highest BCUT2D eigenvalue weighted by molar-refractivity contribution is 7.09. The summed E-state index contributed by atoms with van der Waals surface area (Å²) in [5.41, 5.74) is -1.14. The number of hydrogen-bond acceptors (Lipinski definition) is 6. The largest absolute Gasteiger partial charge is 0.503 e. The maximum absolute atomic E-state index is 12.8. The molecular formula is C18H19N3O5S. The van der Waals surface area contributed by atoms with E-state index in [1.165, 1.54) is 22.1 Å². The Balaban J connectivity index is 1.67.